The van der Waals surface area contributed by atoms with Crippen molar-refractivity contribution in [1.29, 1.82) is 0 Å². The number of nitrogens with one attached hydrogen (secondary N) is 1. The Morgan fingerprint density at radius 1 is 1.44 bits per heavy atom. The predicted octanol–water partition coefficient (Wildman–Crippen LogP) is 3.80. The summed E-state index contributed by atoms with van der Waals surface area (Å²) in [6.07, 6.45) is 0. The van der Waals surface area contributed by atoms with Gasteiger partial charge in [-0.05, 0) is 29.6 Å². The van der Waals surface area contributed by atoms with Gasteiger partial charge in [0, 0.05) is 16.4 Å². The van der Waals surface area contributed by atoms with Gasteiger partial charge in [-0.1, -0.05) is 17.7 Å². The molecule has 0 atom stereocenters. The summed E-state index contributed by atoms with van der Waals surface area (Å²) in [5.41, 5.74) is 1.17. The van der Waals surface area contributed by atoms with Crippen LogP contribution in [0.3, 0.4) is 0 Å². The van der Waals surface area contributed by atoms with Crippen molar-refractivity contribution in [2.45, 2.75) is 6.54 Å². The highest BCUT2D eigenvalue weighted by molar-refractivity contribution is 7.09. The molecule has 0 aliphatic heterocycles. The van der Waals surface area contributed by atoms with Crippen molar-refractivity contribution in [3.8, 4) is 0 Å². The van der Waals surface area contributed by atoms with Gasteiger partial charge in [-0.25, -0.2) is 4.79 Å². The number of hydrogen-bond acceptors (Lipinski definition) is 4. The molecule has 0 amide bonds. The lowest BCUT2D eigenvalue weighted by molar-refractivity contribution is 0.0602. The standard InChI is InChI=1S/C13H12ClNO2S/c1-17-13(16)11-5-4-9(14)7-12(11)15-8-10-3-2-6-18-10/h2-7,15H,8H2,1H3. The Hall–Kier alpha value is -1.52. The summed E-state index contributed by atoms with van der Waals surface area (Å²) >= 11 is 7.59. The molecule has 0 unspecified atom stereocenters. The molecule has 1 aromatic carbocycles. The first-order valence-electron chi connectivity index (χ1n) is 5.35. The average molecular weight is 282 g/mol. The molecule has 2 aromatic rings. The van der Waals surface area contributed by atoms with Crippen LogP contribution in [0.4, 0.5) is 5.69 Å². The molecule has 1 aromatic heterocycles. The second-order valence-corrected chi connectivity index (χ2v) is 5.08. The van der Waals surface area contributed by atoms with Gasteiger partial charge in [0.2, 0.25) is 0 Å². The normalized spacial score (nSPS) is 10.1. The average Bonchev–Trinajstić information content (AvgIpc) is 2.88. The number of thiophene rings is 1. The number of benzene rings is 1. The molecule has 94 valence electrons. The van der Waals surface area contributed by atoms with Crippen molar-refractivity contribution >= 4 is 34.6 Å². The van der Waals surface area contributed by atoms with E-state index in [0.29, 0.717) is 22.8 Å². The molecule has 1 heterocycles. The third kappa shape index (κ3) is 3.03. The molecule has 3 nitrogen and oxygen atoms in total. The van der Waals surface area contributed by atoms with Gasteiger partial charge in [-0.3, -0.25) is 0 Å². The van der Waals surface area contributed by atoms with Crippen LogP contribution in [0.5, 0.6) is 0 Å². The number of halogens is 1. The van der Waals surface area contributed by atoms with Crippen molar-refractivity contribution in [2.24, 2.45) is 0 Å². The molecule has 0 spiro atoms. The van der Waals surface area contributed by atoms with Crippen LogP contribution in [-0.4, -0.2) is 13.1 Å². The van der Waals surface area contributed by atoms with Crippen molar-refractivity contribution < 1.29 is 9.53 Å². The van der Waals surface area contributed by atoms with Gasteiger partial charge in [0.25, 0.3) is 0 Å². The Morgan fingerprint density at radius 3 is 2.94 bits per heavy atom. The Balaban J connectivity index is 2.19. The first kappa shape index (κ1) is 12.9. The smallest absolute Gasteiger partial charge is 0.339 e. The number of ether oxygens (including phenoxy) is 1. The van der Waals surface area contributed by atoms with Gasteiger partial charge >= 0.3 is 5.97 Å². The topological polar surface area (TPSA) is 38.3 Å². The number of rotatable bonds is 4. The van der Waals surface area contributed by atoms with E-state index >= 15 is 0 Å². The summed E-state index contributed by atoms with van der Waals surface area (Å²) < 4.78 is 4.73. The molecule has 0 aliphatic carbocycles. The van der Waals surface area contributed by atoms with Crippen molar-refractivity contribution in [3.05, 3.63) is 51.2 Å². The molecule has 5 heteroatoms. The number of esters is 1. The van der Waals surface area contributed by atoms with Crippen LogP contribution in [0, 0.1) is 0 Å². The van der Waals surface area contributed by atoms with E-state index in [0.717, 1.165) is 0 Å². The van der Waals surface area contributed by atoms with Crippen molar-refractivity contribution in [3.63, 3.8) is 0 Å². The van der Waals surface area contributed by atoms with Crippen LogP contribution in [0.25, 0.3) is 0 Å². The minimum absolute atomic E-state index is 0.375. The zero-order valence-corrected chi connectivity index (χ0v) is 11.3. The molecule has 1 N–H and O–H groups in total. The summed E-state index contributed by atoms with van der Waals surface area (Å²) in [4.78, 5) is 12.8. The highest BCUT2D eigenvalue weighted by Crippen LogP contribution is 2.23. The number of hydrogen-bond donors (Lipinski definition) is 1. The quantitative estimate of drug-likeness (QED) is 0.866. The van der Waals surface area contributed by atoms with E-state index in [4.69, 9.17) is 16.3 Å². The monoisotopic (exact) mass is 281 g/mol. The molecule has 0 fully saturated rings. The molecule has 18 heavy (non-hydrogen) atoms. The lowest BCUT2D eigenvalue weighted by Crippen LogP contribution is -2.07. The number of carbonyl (C=O) groups excluding carboxylic acids is 1. The molecular formula is C13H12ClNO2S. The van der Waals surface area contributed by atoms with Crippen LogP contribution >= 0.6 is 22.9 Å². The van der Waals surface area contributed by atoms with Crippen LogP contribution in [0.1, 0.15) is 15.2 Å². The minimum Gasteiger partial charge on any atom is -0.465 e. The minimum atomic E-state index is -0.375. The van der Waals surface area contributed by atoms with Gasteiger partial charge < -0.3 is 10.1 Å². The second-order valence-electron chi connectivity index (χ2n) is 3.61. The zero-order valence-electron chi connectivity index (χ0n) is 9.77. The summed E-state index contributed by atoms with van der Waals surface area (Å²) in [6.45, 7) is 0.655. The third-order valence-electron chi connectivity index (χ3n) is 2.42. The van der Waals surface area contributed by atoms with E-state index in [-0.39, 0.29) is 5.97 Å². The van der Waals surface area contributed by atoms with Gasteiger partial charge in [0.1, 0.15) is 0 Å². The summed E-state index contributed by atoms with van der Waals surface area (Å²) in [6, 6.07) is 9.07. The Kier molecular flexibility index (Phi) is 4.23. The largest absolute Gasteiger partial charge is 0.465 e. The molecule has 0 saturated heterocycles. The van der Waals surface area contributed by atoms with Crippen molar-refractivity contribution in [1.82, 2.24) is 0 Å². The maximum atomic E-state index is 11.6. The zero-order chi connectivity index (χ0) is 13.0. The highest BCUT2D eigenvalue weighted by Gasteiger charge is 2.12. The molecule has 0 aliphatic rings. The van der Waals surface area contributed by atoms with E-state index in [2.05, 4.69) is 5.32 Å². The molecule has 0 saturated carbocycles. The third-order valence-corrected chi connectivity index (χ3v) is 3.53. The fourth-order valence-electron chi connectivity index (χ4n) is 1.55. The summed E-state index contributed by atoms with van der Waals surface area (Å²) in [5, 5.41) is 5.79. The molecule has 0 bridgehead atoms. The number of carbonyl (C=O) groups is 1. The Labute approximate surface area is 114 Å². The predicted molar refractivity (Wildman–Crippen MR) is 74.4 cm³/mol. The maximum Gasteiger partial charge on any atom is 0.339 e. The van der Waals surface area contributed by atoms with Crippen LogP contribution in [0.15, 0.2) is 35.7 Å². The van der Waals surface area contributed by atoms with E-state index in [1.165, 1.54) is 12.0 Å². The van der Waals surface area contributed by atoms with Gasteiger partial charge in [0.05, 0.1) is 18.4 Å². The van der Waals surface area contributed by atoms with Gasteiger partial charge in [0.15, 0.2) is 0 Å². The van der Waals surface area contributed by atoms with Crippen LogP contribution in [0.2, 0.25) is 5.02 Å². The van der Waals surface area contributed by atoms with Crippen LogP contribution in [-0.2, 0) is 11.3 Å². The first-order chi connectivity index (χ1) is 8.70. The first-order valence-corrected chi connectivity index (χ1v) is 6.60. The molecule has 2 rings (SSSR count). The van der Waals surface area contributed by atoms with E-state index in [9.17, 15) is 4.79 Å². The highest BCUT2D eigenvalue weighted by atomic mass is 35.5. The fraction of sp³-hybridized carbons (Fsp3) is 0.154. The maximum absolute atomic E-state index is 11.6. The van der Waals surface area contributed by atoms with Gasteiger partial charge in [-0.15, -0.1) is 11.3 Å². The number of anilines is 1. The molecule has 0 radical (unpaired) electrons. The fourth-order valence-corrected chi connectivity index (χ4v) is 2.36. The van der Waals surface area contributed by atoms with E-state index in [1.807, 2.05) is 17.5 Å². The Bertz CT molecular complexity index is 540. The summed E-state index contributed by atoms with van der Waals surface area (Å²) in [5.74, 6) is -0.375. The number of methoxy groups -OCH3 is 1. The van der Waals surface area contributed by atoms with Crippen molar-refractivity contribution in [2.75, 3.05) is 12.4 Å². The van der Waals surface area contributed by atoms with E-state index in [1.54, 1.807) is 29.5 Å². The lowest BCUT2D eigenvalue weighted by Gasteiger charge is -2.10. The second kappa shape index (κ2) is 5.89. The van der Waals surface area contributed by atoms with Crippen LogP contribution < -0.4 is 5.32 Å². The Morgan fingerprint density at radius 2 is 2.28 bits per heavy atom. The summed E-state index contributed by atoms with van der Waals surface area (Å²) in [7, 11) is 1.36. The van der Waals surface area contributed by atoms with Gasteiger partial charge in [-0.2, -0.15) is 0 Å². The molecular weight excluding hydrogens is 270 g/mol. The lowest BCUT2D eigenvalue weighted by atomic mass is 10.2. The van der Waals surface area contributed by atoms with E-state index < -0.39 is 0 Å². The SMILES string of the molecule is COC(=O)c1ccc(Cl)cc1NCc1cccs1.